The van der Waals surface area contributed by atoms with Crippen LogP contribution in [0.3, 0.4) is 0 Å². The molecule has 1 unspecified atom stereocenters. The highest BCUT2D eigenvalue weighted by atomic mass is 19.3. The Morgan fingerprint density at radius 2 is 1.97 bits per heavy atom. The van der Waals surface area contributed by atoms with Crippen LogP contribution in [0.15, 0.2) is 24.4 Å². The first-order valence-electron chi connectivity index (χ1n) is 11.7. The molecule has 13 heteroatoms. The van der Waals surface area contributed by atoms with E-state index in [2.05, 4.69) is 30.7 Å². The van der Waals surface area contributed by atoms with Crippen LogP contribution in [0, 0.1) is 6.92 Å². The van der Waals surface area contributed by atoms with Crippen molar-refractivity contribution in [2.24, 2.45) is 0 Å². The Bertz CT molecular complexity index is 1400. The lowest BCUT2D eigenvalue weighted by molar-refractivity contribution is -0.0675. The Labute approximate surface area is 204 Å². The van der Waals surface area contributed by atoms with E-state index in [1.807, 2.05) is 6.92 Å². The molecule has 0 bridgehead atoms. The number of pyridine rings is 1. The molecule has 0 spiro atoms. The van der Waals surface area contributed by atoms with Crippen LogP contribution in [-0.2, 0) is 6.54 Å². The average molecular weight is 506 g/mol. The molecule has 0 aromatic carbocycles. The molecule has 2 N–H and O–H groups in total. The number of aromatic nitrogens is 6. The SMILES string of the molecule is CCNc1nc(NC2CCN(C)CC2(F)F)nn2ccc(-c3ccc4nc(C)n(CC(F)F)c4n3)c12. The Hall–Kier alpha value is -3.48. The summed E-state index contributed by atoms with van der Waals surface area (Å²) in [5.74, 6) is -1.94. The van der Waals surface area contributed by atoms with Gasteiger partial charge in [-0.25, -0.2) is 32.0 Å². The van der Waals surface area contributed by atoms with Gasteiger partial charge in [-0.1, -0.05) is 0 Å². The lowest BCUT2D eigenvalue weighted by atomic mass is 10.0. The van der Waals surface area contributed by atoms with Crippen molar-refractivity contribution >= 4 is 28.4 Å². The van der Waals surface area contributed by atoms with Gasteiger partial charge in [0.2, 0.25) is 5.95 Å². The van der Waals surface area contributed by atoms with Gasteiger partial charge >= 0.3 is 0 Å². The summed E-state index contributed by atoms with van der Waals surface area (Å²) in [4.78, 5) is 15.1. The van der Waals surface area contributed by atoms with Gasteiger partial charge in [-0.3, -0.25) is 0 Å². The van der Waals surface area contributed by atoms with Crippen LogP contribution in [-0.4, -0.2) is 79.1 Å². The van der Waals surface area contributed by atoms with Gasteiger partial charge in [0, 0.05) is 24.8 Å². The predicted octanol–water partition coefficient (Wildman–Crippen LogP) is 3.90. The zero-order valence-corrected chi connectivity index (χ0v) is 20.1. The summed E-state index contributed by atoms with van der Waals surface area (Å²) >= 11 is 0. The van der Waals surface area contributed by atoms with Crippen molar-refractivity contribution in [1.29, 1.82) is 0 Å². The second kappa shape index (κ2) is 9.19. The maximum absolute atomic E-state index is 14.6. The number of nitrogens with one attached hydrogen (secondary N) is 2. The highest BCUT2D eigenvalue weighted by Gasteiger charge is 2.44. The van der Waals surface area contributed by atoms with Crippen LogP contribution >= 0.6 is 0 Å². The summed E-state index contributed by atoms with van der Waals surface area (Å²) in [5, 5.41) is 10.4. The summed E-state index contributed by atoms with van der Waals surface area (Å²) in [6.07, 6.45) is -0.592. The number of hydrogen-bond donors (Lipinski definition) is 2. The first-order valence-corrected chi connectivity index (χ1v) is 11.7. The maximum Gasteiger partial charge on any atom is 0.280 e. The van der Waals surface area contributed by atoms with E-state index < -0.39 is 24.9 Å². The number of halogens is 4. The van der Waals surface area contributed by atoms with E-state index in [0.29, 0.717) is 52.7 Å². The molecule has 4 aromatic heterocycles. The standard InChI is InChI=1S/C23H27F4N9/c1-4-28-20-19-14(15-5-6-16-21(30-15)35(11-18(24)25)13(2)29-16)7-10-36(19)33-22(32-20)31-17-8-9-34(3)12-23(17,26)27/h5-7,10,17-18H,4,8-9,11-12H2,1-3H3,(H2,28,31,32,33). The normalized spacial score (nSPS) is 18.4. The van der Waals surface area contributed by atoms with Crippen molar-refractivity contribution in [3.8, 4) is 11.3 Å². The Kier molecular flexibility index (Phi) is 6.18. The van der Waals surface area contributed by atoms with Crippen LogP contribution < -0.4 is 10.6 Å². The van der Waals surface area contributed by atoms with Gasteiger partial charge in [-0.05, 0) is 45.5 Å². The van der Waals surface area contributed by atoms with Crippen molar-refractivity contribution in [2.45, 2.75) is 45.2 Å². The van der Waals surface area contributed by atoms with E-state index in [0.717, 1.165) is 0 Å². The number of piperidine rings is 1. The van der Waals surface area contributed by atoms with Crippen molar-refractivity contribution in [3.63, 3.8) is 0 Å². The van der Waals surface area contributed by atoms with Gasteiger partial charge < -0.3 is 20.1 Å². The van der Waals surface area contributed by atoms with Gasteiger partial charge in [-0.15, -0.1) is 5.10 Å². The largest absolute Gasteiger partial charge is 0.368 e. The highest BCUT2D eigenvalue weighted by Crippen LogP contribution is 2.32. The summed E-state index contributed by atoms with van der Waals surface area (Å²) < 4.78 is 58.4. The van der Waals surface area contributed by atoms with Crippen LogP contribution in [0.25, 0.3) is 27.9 Å². The molecule has 0 saturated carbocycles. The van der Waals surface area contributed by atoms with Gasteiger partial charge in [0.15, 0.2) is 11.5 Å². The molecule has 36 heavy (non-hydrogen) atoms. The average Bonchev–Trinajstić information content (AvgIpc) is 3.36. The van der Waals surface area contributed by atoms with Gasteiger partial charge in [0.1, 0.15) is 16.9 Å². The molecule has 1 atom stereocenters. The van der Waals surface area contributed by atoms with E-state index in [9.17, 15) is 17.6 Å². The fourth-order valence-corrected chi connectivity index (χ4v) is 4.65. The third kappa shape index (κ3) is 4.43. The second-order valence-corrected chi connectivity index (χ2v) is 9.02. The van der Waals surface area contributed by atoms with E-state index in [4.69, 9.17) is 0 Å². The number of nitrogens with zero attached hydrogens (tertiary/aromatic N) is 7. The fraction of sp³-hybridized carbons (Fsp3) is 0.478. The molecular formula is C23H27F4N9. The molecule has 5 rings (SSSR count). The minimum Gasteiger partial charge on any atom is -0.368 e. The molecule has 1 fully saturated rings. The minimum atomic E-state index is -2.93. The summed E-state index contributed by atoms with van der Waals surface area (Å²) in [5.41, 5.74) is 2.69. The zero-order valence-electron chi connectivity index (χ0n) is 20.1. The number of fused-ring (bicyclic) bond motifs is 2. The molecule has 5 heterocycles. The lowest BCUT2D eigenvalue weighted by Crippen LogP contribution is -2.53. The van der Waals surface area contributed by atoms with Crippen LogP contribution in [0.4, 0.5) is 29.3 Å². The second-order valence-electron chi connectivity index (χ2n) is 9.02. The Morgan fingerprint density at radius 3 is 2.69 bits per heavy atom. The quantitative estimate of drug-likeness (QED) is 0.369. The monoisotopic (exact) mass is 505 g/mol. The van der Waals surface area contributed by atoms with Crippen molar-refractivity contribution in [1.82, 2.24) is 34.0 Å². The number of likely N-dealkylation sites (tertiary alicyclic amines) is 1. The van der Waals surface area contributed by atoms with E-state index in [1.54, 1.807) is 47.8 Å². The molecule has 0 aliphatic carbocycles. The maximum atomic E-state index is 14.6. The first kappa shape index (κ1) is 24.2. The number of alkyl halides is 4. The molecular weight excluding hydrogens is 478 g/mol. The first-order chi connectivity index (χ1) is 17.2. The van der Waals surface area contributed by atoms with Crippen LogP contribution in [0.5, 0.6) is 0 Å². The van der Waals surface area contributed by atoms with Crippen molar-refractivity contribution in [3.05, 3.63) is 30.2 Å². The molecule has 4 aromatic rings. The molecule has 0 radical (unpaired) electrons. The summed E-state index contributed by atoms with van der Waals surface area (Å²) in [7, 11) is 1.67. The topological polar surface area (TPSA) is 88.2 Å². The minimum absolute atomic E-state index is 0.0869. The van der Waals surface area contributed by atoms with Gasteiger partial charge in [0.05, 0.1) is 24.8 Å². The van der Waals surface area contributed by atoms with Gasteiger partial charge in [-0.2, -0.15) is 4.98 Å². The fourth-order valence-electron chi connectivity index (χ4n) is 4.65. The number of aryl methyl sites for hydroxylation is 1. The van der Waals surface area contributed by atoms with E-state index in [-0.39, 0.29) is 18.9 Å². The molecule has 192 valence electrons. The third-order valence-corrected chi connectivity index (χ3v) is 6.33. The zero-order chi connectivity index (χ0) is 25.6. The predicted molar refractivity (Wildman–Crippen MR) is 129 cm³/mol. The lowest BCUT2D eigenvalue weighted by Gasteiger charge is -2.36. The number of anilines is 2. The van der Waals surface area contributed by atoms with Crippen LogP contribution in [0.2, 0.25) is 0 Å². The molecule has 1 saturated heterocycles. The van der Waals surface area contributed by atoms with Crippen molar-refractivity contribution < 1.29 is 17.6 Å². The summed E-state index contributed by atoms with van der Waals surface area (Å²) in [6.45, 7) is 3.80. The van der Waals surface area contributed by atoms with Crippen LogP contribution in [0.1, 0.15) is 19.2 Å². The number of imidazole rings is 1. The third-order valence-electron chi connectivity index (χ3n) is 6.33. The van der Waals surface area contributed by atoms with Crippen molar-refractivity contribution in [2.75, 3.05) is 37.3 Å². The smallest absolute Gasteiger partial charge is 0.280 e. The molecule has 1 aliphatic rings. The summed E-state index contributed by atoms with van der Waals surface area (Å²) in [6, 6.07) is 4.20. The van der Waals surface area contributed by atoms with Gasteiger partial charge in [0.25, 0.3) is 12.3 Å². The number of rotatable bonds is 7. The van der Waals surface area contributed by atoms with E-state index in [1.165, 1.54) is 4.57 Å². The Morgan fingerprint density at radius 1 is 1.17 bits per heavy atom. The molecule has 1 aliphatic heterocycles. The van der Waals surface area contributed by atoms with E-state index >= 15 is 0 Å². The molecule has 9 nitrogen and oxygen atoms in total. The molecule has 0 amide bonds. The Balaban J connectivity index is 1.55. The highest BCUT2D eigenvalue weighted by molar-refractivity contribution is 5.89. The number of hydrogen-bond acceptors (Lipinski definition) is 7.